The van der Waals surface area contributed by atoms with E-state index in [9.17, 15) is 0 Å². The number of ether oxygens (including phenoxy) is 1. The van der Waals surface area contributed by atoms with Gasteiger partial charge in [-0.1, -0.05) is 0 Å². The van der Waals surface area contributed by atoms with Crippen molar-refractivity contribution in [3.8, 4) is 0 Å². The summed E-state index contributed by atoms with van der Waals surface area (Å²) in [4.78, 5) is 3.97. The molecule has 1 aromatic heterocycles. The number of rotatable bonds is 1. The number of hydrogen-bond acceptors (Lipinski definition) is 3. The normalized spacial score (nSPS) is 24.9. The molecule has 0 radical (unpaired) electrons. The molecular weight excluding hydrogens is 235 g/mol. The summed E-state index contributed by atoms with van der Waals surface area (Å²) in [6, 6.07) is 4.07. The summed E-state index contributed by atoms with van der Waals surface area (Å²) < 4.78 is 5.62. The first kappa shape index (κ1) is 14.6. The van der Waals surface area contributed by atoms with Crippen molar-refractivity contribution in [2.45, 2.75) is 25.0 Å². The summed E-state index contributed by atoms with van der Waals surface area (Å²) in [7, 11) is 0. The summed E-state index contributed by atoms with van der Waals surface area (Å²) in [5, 5.41) is 0. The van der Waals surface area contributed by atoms with Crippen molar-refractivity contribution >= 4 is 24.8 Å². The zero-order chi connectivity index (χ0) is 9.10. The highest BCUT2D eigenvalue weighted by atomic mass is 35.5. The fourth-order valence-corrected chi connectivity index (χ4v) is 1.70. The van der Waals surface area contributed by atoms with Crippen LogP contribution in [0.15, 0.2) is 24.5 Å². The molecule has 0 unspecified atom stereocenters. The summed E-state index contributed by atoms with van der Waals surface area (Å²) >= 11 is 0. The Balaban J connectivity index is 0.000000980. The van der Waals surface area contributed by atoms with Crippen LogP contribution < -0.4 is 5.73 Å². The lowest BCUT2D eigenvalue weighted by atomic mass is 9.98. The van der Waals surface area contributed by atoms with Gasteiger partial charge in [-0.05, 0) is 30.5 Å². The Hall–Kier alpha value is -0.350. The van der Waals surface area contributed by atoms with Crippen molar-refractivity contribution < 1.29 is 4.74 Å². The Bertz CT molecular complexity index is 271. The molecule has 1 aliphatic rings. The number of nitrogens with two attached hydrogens (primary N) is 1. The van der Waals surface area contributed by atoms with E-state index in [-0.39, 0.29) is 37.0 Å². The van der Waals surface area contributed by atoms with Gasteiger partial charge in [-0.15, -0.1) is 24.8 Å². The lowest BCUT2D eigenvalue weighted by Crippen LogP contribution is -2.34. The molecule has 0 amide bonds. The lowest BCUT2D eigenvalue weighted by molar-refractivity contribution is 0.000101. The highest BCUT2D eigenvalue weighted by molar-refractivity contribution is 5.85. The van der Waals surface area contributed by atoms with E-state index < -0.39 is 0 Å². The molecule has 0 spiro atoms. The van der Waals surface area contributed by atoms with Crippen LogP contribution in [0.2, 0.25) is 0 Å². The van der Waals surface area contributed by atoms with E-state index in [2.05, 4.69) is 4.98 Å². The van der Waals surface area contributed by atoms with Gasteiger partial charge in [0.25, 0.3) is 0 Å². The van der Waals surface area contributed by atoms with Gasteiger partial charge < -0.3 is 10.5 Å². The van der Waals surface area contributed by atoms with Crippen LogP contribution >= 0.6 is 24.8 Å². The smallest absolute Gasteiger partial charge is 0.0976 e. The number of nitrogens with zero attached hydrogens (tertiary/aromatic N) is 1. The lowest BCUT2D eigenvalue weighted by Gasteiger charge is -2.29. The van der Waals surface area contributed by atoms with Crippen LogP contribution in [-0.4, -0.2) is 17.6 Å². The van der Waals surface area contributed by atoms with Gasteiger partial charge >= 0.3 is 0 Å². The fourth-order valence-electron chi connectivity index (χ4n) is 1.70. The van der Waals surface area contributed by atoms with E-state index in [0.29, 0.717) is 0 Å². The van der Waals surface area contributed by atoms with E-state index >= 15 is 0 Å². The fraction of sp³-hybridized carbons (Fsp3) is 0.500. The van der Waals surface area contributed by atoms with Crippen LogP contribution in [0.1, 0.15) is 24.5 Å². The zero-order valence-electron chi connectivity index (χ0n) is 8.33. The minimum Gasteiger partial charge on any atom is -0.372 e. The Labute approximate surface area is 102 Å². The minimum absolute atomic E-state index is 0. The van der Waals surface area contributed by atoms with E-state index in [1.54, 1.807) is 12.4 Å². The van der Waals surface area contributed by atoms with E-state index in [1.165, 1.54) is 0 Å². The minimum atomic E-state index is 0. The summed E-state index contributed by atoms with van der Waals surface area (Å²) in [5.41, 5.74) is 7.11. The van der Waals surface area contributed by atoms with Crippen molar-refractivity contribution in [3.63, 3.8) is 0 Å². The largest absolute Gasteiger partial charge is 0.372 e. The molecule has 86 valence electrons. The van der Waals surface area contributed by atoms with Gasteiger partial charge in [0.1, 0.15) is 0 Å². The maximum atomic E-state index is 5.97. The van der Waals surface area contributed by atoms with Gasteiger partial charge in [0.15, 0.2) is 0 Å². The van der Waals surface area contributed by atoms with Crippen molar-refractivity contribution in [1.82, 2.24) is 4.98 Å². The van der Waals surface area contributed by atoms with Crippen LogP contribution in [0.5, 0.6) is 0 Å². The molecule has 2 heterocycles. The maximum absolute atomic E-state index is 5.97. The van der Waals surface area contributed by atoms with Gasteiger partial charge in [-0.2, -0.15) is 0 Å². The topological polar surface area (TPSA) is 48.1 Å². The first-order valence-corrected chi connectivity index (χ1v) is 4.65. The van der Waals surface area contributed by atoms with Gasteiger partial charge in [0, 0.05) is 25.0 Å². The molecule has 0 aromatic carbocycles. The highest BCUT2D eigenvalue weighted by Gasteiger charge is 2.23. The average Bonchev–Trinajstić information content (AvgIpc) is 2.20. The van der Waals surface area contributed by atoms with Crippen LogP contribution in [0.25, 0.3) is 0 Å². The third-order valence-corrected chi connectivity index (χ3v) is 2.40. The van der Waals surface area contributed by atoms with E-state index in [1.807, 2.05) is 12.1 Å². The van der Waals surface area contributed by atoms with Crippen molar-refractivity contribution in [3.05, 3.63) is 30.1 Å². The van der Waals surface area contributed by atoms with Gasteiger partial charge in [-0.3, -0.25) is 4.98 Å². The Kier molecular flexibility index (Phi) is 6.85. The second kappa shape index (κ2) is 7.01. The first-order valence-electron chi connectivity index (χ1n) is 4.65. The monoisotopic (exact) mass is 250 g/mol. The molecule has 1 saturated heterocycles. The standard InChI is InChI=1S/C10H14N2O.2ClH/c11-9-2-1-7-13-10(9)8-3-5-12-6-4-8;;/h3-6,9-10H,1-2,7,11H2;2*1H/t9-,10+;;/m1../s1. The number of pyridine rings is 1. The van der Waals surface area contributed by atoms with Crippen molar-refractivity contribution in [1.29, 1.82) is 0 Å². The number of aromatic nitrogens is 1. The molecule has 1 aromatic rings. The Morgan fingerprint density at radius 3 is 2.53 bits per heavy atom. The molecular formula is C10H16Cl2N2O. The molecule has 15 heavy (non-hydrogen) atoms. The third-order valence-electron chi connectivity index (χ3n) is 2.40. The molecule has 1 fully saturated rings. The number of halogens is 2. The molecule has 1 aliphatic heterocycles. The molecule has 5 heteroatoms. The molecule has 0 bridgehead atoms. The summed E-state index contributed by atoms with van der Waals surface area (Å²) in [6.07, 6.45) is 5.74. The second-order valence-corrected chi connectivity index (χ2v) is 3.38. The molecule has 0 aliphatic carbocycles. The van der Waals surface area contributed by atoms with Gasteiger partial charge in [-0.25, -0.2) is 0 Å². The molecule has 2 atom stereocenters. The molecule has 2 rings (SSSR count). The average molecular weight is 251 g/mol. The highest BCUT2D eigenvalue weighted by Crippen LogP contribution is 2.26. The predicted molar refractivity (Wildman–Crippen MR) is 64.6 cm³/mol. The number of hydrogen-bond donors (Lipinski definition) is 1. The third kappa shape index (κ3) is 3.61. The van der Waals surface area contributed by atoms with Crippen molar-refractivity contribution in [2.24, 2.45) is 5.73 Å². The van der Waals surface area contributed by atoms with Gasteiger partial charge in [0.2, 0.25) is 0 Å². The van der Waals surface area contributed by atoms with Crippen LogP contribution in [0.3, 0.4) is 0 Å². The van der Waals surface area contributed by atoms with Crippen LogP contribution in [0, 0.1) is 0 Å². The Morgan fingerprint density at radius 2 is 1.93 bits per heavy atom. The summed E-state index contributed by atoms with van der Waals surface area (Å²) in [5.74, 6) is 0. The second-order valence-electron chi connectivity index (χ2n) is 3.38. The molecule has 3 nitrogen and oxygen atoms in total. The first-order chi connectivity index (χ1) is 6.38. The quantitative estimate of drug-likeness (QED) is 0.831. The van der Waals surface area contributed by atoms with Gasteiger partial charge in [0.05, 0.1) is 6.10 Å². The molecule has 0 saturated carbocycles. The SMILES string of the molecule is Cl.Cl.N[C@@H]1CCCO[C@H]1c1ccncc1. The van der Waals surface area contributed by atoms with E-state index in [4.69, 9.17) is 10.5 Å². The molecule has 2 N–H and O–H groups in total. The zero-order valence-corrected chi connectivity index (χ0v) is 9.97. The van der Waals surface area contributed by atoms with Crippen LogP contribution in [0.4, 0.5) is 0 Å². The van der Waals surface area contributed by atoms with Crippen molar-refractivity contribution in [2.75, 3.05) is 6.61 Å². The van der Waals surface area contributed by atoms with Crippen LogP contribution in [-0.2, 0) is 4.74 Å². The Morgan fingerprint density at radius 1 is 1.27 bits per heavy atom. The summed E-state index contributed by atoms with van der Waals surface area (Å²) in [6.45, 7) is 0.820. The maximum Gasteiger partial charge on any atom is 0.0976 e. The van der Waals surface area contributed by atoms with E-state index in [0.717, 1.165) is 25.0 Å². The predicted octanol–water partition coefficient (Wildman–Crippen LogP) is 2.10.